The lowest BCUT2D eigenvalue weighted by molar-refractivity contribution is 0.389. The minimum Gasteiger partial charge on any atom is -0.369 e. The standard InChI is InChI=1S/C4H7ClO3S/c1-3-4(8-3)2-9(5,6)7/h3-4H,2H2,1H3. The summed E-state index contributed by atoms with van der Waals surface area (Å²) in [7, 11) is 1.58. The van der Waals surface area contributed by atoms with E-state index in [0.717, 1.165) is 0 Å². The molecule has 0 N–H and O–H groups in total. The van der Waals surface area contributed by atoms with Gasteiger partial charge in [-0.05, 0) is 6.92 Å². The molecule has 9 heavy (non-hydrogen) atoms. The third-order valence-corrected chi connectivity index (χ3v) is 2.30. The smallest absolute Gasteiger partial charge is 0.235 e. The molecule has 0 saturated carbocycles. The van der Waals surface area contributed by atoms with E-state index in [4.69, 9.17) is 15.4 Å². The molecule has 1 saturated heterocycles. The van der Waals surface area contributed by atoms with Crippen molar-refractivity contribution in [1.82, 2.24) is 0 Å². The minimum atomic E-state index is -3.35. The van der Waals surface area contributed by atoms with Gasteiger partial charge in [0.15, 0.2) is 0 Å². The molecular formula is C4H7ClO3S. The van der Waals surface area contributed by atoms with Crippen molar-refractivity contribution in [2.75, 3.05) is 5.75 Å². The maximum atomic E-state index is 10.3. The van der Waals surface area contributed by atoms with Crippen LogP contribution in [0.1, 0.15) is 6.92 Å². The van der Waals surface area contributed by atoms with E-state index in [2.05, 4.69) is 0 Å². The molecule has 1 fully saturated rings. The Labute approximate surface area is 58.4 Å². The first-order chi connectivity index (χ1) is 3.99. The summed E-state index contributed by atoms with van der Waals surface area (Å²) >= 11 is 0. The second-order valence-corrected chi connectivity index (χ2v) is 4.91. The summed E-state index contributed by atoms with van der Waals surface area (Å²) in [5.74, 6) is -0.0598. The maximum absolute atomic E-state index is 10.3. The van der Waals surface area contributed by atoms with Crippen LogP contribution in [0.2, 0.25) is 0 Å². The number of epoxide rings is 1. The second kappa shape index (κ2) is 2.11. The largest absolute Gasteiger partial charge is 0.369 e. The molecule has 1 aliphatic rings. The highest BCUT2D eigenvalue weighted by Crippen LogP contribution is 2.23. The third kappa shape index (κ3) is 2.51. The lowest BCUT2D eigenvalue weighted by Crippen LogP contribution is -2.05. The molecule has 0 aliphatic carbocycles. The average Bonchev–Trinajstić information content (AvgIpc) is 2.13. The van der Waals surface area contributed by atoms with Crippen LogP contribution in [-0.2, 0) is 13.8 Å². The fourth-order valence-corrected chi connectivity index (χ4v) is 1.72. The minimum absolute atomic E-state index is 0.0598. The third-order valence-electron chi connectivity index (χ3n) is 1.20. The van der Waals surface area contributed by atoms with Crippen molar-refractivity contribution in [3.63, 3.8) is 0 Å². The molecule has 0 bridgehead atoms. The Morgan fingerprint density at radius 1 is 1.67 bits per heavy atom. The molecule has 0 aromatic heterocycles. The van der Waals surface area contributed by atoms with Gasteiger partial charge in [0.25, 0.3) is 0 Å². The second-order valence-electron chi connectivity index (χ2n) is 2.09. The number of ether oxygens (including phenoxy) is 1. The van der Waals surface area contributed by atoms with Gasteiger partial charge >= 0.3 is 0 Å². The van der Waals surface area contributed by atoms with Crippen molar-refractivity contribution >= 4 is 19.7 Å². The van der Waals surface area contributed by atoms with Crippen molar-refractivity contribution in [3.05, 3.63) is 0 Å². The van der Waals surface area contributed by atoms with Crippen LogP contribution in [0.5, 0.6) is 0 Å². The Kier molecular flexibility index (Phi) is 1.71. The van der Waals surface area contributed by atoms with Crippen molar-refractivity contribution in [2.45, 2.75) is 19.1 Å². The van der Waals surface area contributed by atoms with Crippen molar-refractivity contribution < 1.29 is 13.2 Å². The molecule has 2 unspecified atom stereocenters. The predicted octanol–water partition coefficient (Wildman–Crippen LogP) is 0.342. The lowest BCUT2D eigenvalue weighted by Gasteiger charge is -1.85. The van der Waals surface area contributed by atoms with Crippen LogP contribution in [0.3, 0.4) is 0 Å². The molecule has 0 aromatic rings. The molecule has 54 valence electrons. The summed E-state index contributed by atoms with van der Waals surface area (Å²) in [4.78, 5) is 0. The van der Waals surface area contributed by atoms with Gasteiger partial charge in [-0.25, -0.2) is 8.42 Å². The molecule has 0 radical (unpaired) electrons. The SMILES string of the molecule is CC1OC1CS(=O)(=O)Cl. The van der Waals surface area contributed by atoms with Gasteiger partial charge in [0.1, 0.15) is 0 Å². The molecule has 3 nitrogen and oxygen atoms in total. The van der Waals surface area contributed by atoms with Crippen molar-refractivity contribution in [3.8, 4) is 0 Å². The van der Waals surface area contributed by atoms with E-state index in [0.29, 0.717) is 0 Å². The molecule has 1 rings (SSSR count). The van der Waals surface area contributed by atoms with Crippen LogP contribution in [0, 0.1) is 0 Å². The zero-order valence-electron chi connectivity index (χ0n) is 4.87. The molecular weight excluding hydrogens is 164 g/mol. The Balaban J connectivity index is 2.37. The highest BCUT2D eigenvalue weighted by molar-refractivity contribution is 8.13. The van der Waals surface area contributed by atoms with E-state index in [1.54, 1.807) is 0 Å². The van der Waals surface area contributed by atoms with Crippen LogP contribution in [0.15, 0.2) is 0 Å². The Morgan fingerprint density at radius 3 is 2.22 bits per heavy atom. The van der Waals surface area contributed by atoms with Gasteiger partial charge in [0.2, 0.25) is 9.05 Å². The fraction of sp³-hybridized carbons (Fsp3) is 1.00. The van der Waals surface area contributed by atoms with E-state index in [1.807, 2.05) is 6.92 Å². The van der Waals surface area contributed by atoms with Crippen LogP contribution in [0.4, 0.5) is 0 Å². The quantitative estimate of drug-likeness (QED) is 0.444. The number of rotatable bonds is 2. The van der Waals surface area contributed by atoms with Gasteiger partial charge in [0.05, 0.1) is 18.0 Å². The Hall–Kier alpha value is 0.200. The Morgan fingerprint density at radius 2 is 2.11 bits per heavy atom. The zero-order chi connectivity index (χ0) is 7.07. The molecule has 2 atom stereocenters. The van der Waals surface area contributed by atoms with Gasteiger partial charge in [-0.3, -0.25) is 0 Å². The van der Waals surface area contributed by atoms with E-state index >= 15 is 0 Å². The first kappa shape index (κ1) is 7.31. The zero-order valence-corrected chi connectivity index (χ0v) is 6.45. The van der Waals surface area contributed by atoms with Gasteiger partial charge in [-0.15, -0.1) is 0 Å². The highest BCUT2D eigenvalue weighted by atomic mass is 35.7. The summed E-state index contributed by atoms with van der Waals surface area (Å²) in [5, 5.41) is 0. The molecule has 1 heterocycles. The van der Waals surface area contributed by atoms with Gasteiger partial charge in [-0.2, -0.15) is 0 Å². The summed E-state index contributed by atoms with van der Waals surface area (Å²) in [6.07, 6.45) is -0.0916. The lowest BCUT2D eigenvalue weighted by atomic mass is 10.4. The van der Waals surface area contributed by atoms with Gasteiger partial charge < -0.3 is 4.74 Å². The van der Waals surface area contributed by atoms with Crippen molar-refractivity contribution in [1.29, 1.82) is 0 Å². The first-order valence-corrected chi connectivity index (χ1v) is 5.05. The topological polar surface area (TPSA) is 46.7 Å². The molecule has 0 amide bonds. The van der Waals surface area contributed by atoms with Crippen LogP contribution in [-0.4, -0.2) is 26.4 Å². The molecule has 1 aliphatic heterocycles. The van der Waals surface area contributed by atoms with Crippen LogP contribution >= 0.6 is 10.7 Å². The van der Waals surface area contributed by atoms with E-state index in [1.165, 1.54) is 0 Å². The number of hydrogen-bond acceptors (Lipinski definition) is 3. The summed E-state index contributed by atoms with van der Waals surface area (Å²) in [6, 6.07) is 0. The summed E-state index contributed by atoms with van der Waals surface area (Å²) < 4.78 is 25.5. The van der Waals surface area contributed by atoms with Crippen LogP contribution < -0.4 is 0 Å². The molecule has 0 aromatic carbocycles. The van der Waals surface area contributed by atoms with Gasteiger partial charge in [0, 0.05) is 10.7 Å². The molecule has 5 heteroatoms. The normalized spacial score (nSPS) is 34.4. The number of hydrogen-bond donors (Lipinski definition) is 0. The Bertz CT molecular complexity index is 198. The number of halogens is 1. The van der Waals surface area contributed by atoms with E-state index in [9.17, 15) is 8.42 Å². The highest BCUT2D eigenvalue weighted by Gasteiger charge is 2.37. The summed E-state index contributed by atoms with van der Waals surface area (Å²) in [5.41, 5.74) is 0. The van der Waals surface area contributed by atoms with E-state index in [-0.39, 0.29) is 18.0 Å². The van der Waals surface area contributed by atoms with Crippen molar-refractivity contribution in [2.24, 2.45) is 0 Å². The predicted molar refractivity (Wildman–Crippen MR) is 34.0 cm³/mol. The first-order valence-electron chi connectivity index (χ1n) is 2.57. The van der Waals surface area contributed by atoms with E-state index < -0.39 is 9.05 Å². The molecule has 0 spiro atoms. The average molecular weight is 171 g/mol. The van der Waals surface area contributed by atoms with Gasteiger partial charge in [-0.1, -0.05) is 0 Å². The summed E-state index contributed by atoms with van der Waals surface area (Å²) in [6.45, 7) is 1.81. The van der Waals surface area contributed by atoms with Crippen LogP contribution in [0.25, 0.3) is 0 Å². The fourth-order valence-electron chi connectivity index (χ4n) is 0.601. The maximum Gasteiger partial charge on any atom is 0.235 e. The monoisotopic (exact) mass is 170 g/mol.